The summed E-state index contributed by atoms with van der Waals surface area (Å²) in [6.07, 6.45) is 0. The first-order valence-electron chi connectivity index (χ1n) is 8.15. The lowest BCUT2D eigenvalue weighted by Gasteiger charge is -2.10. The smallest absolute Gasteiger partial charge is 0.262 e. The summed E-state index contributed by atoms with van der Waals surface area (Å²) < 4.78 is 57.9. The Labute approximate surface area is 156 Å². The molecule has 2 N–H and O–H groups in total. The van der Waals surface area contributed by atoms with Crippen LogP contribution in [0.2, 0.25) is 0 Å². The van der Waals surface area contributed by atoms with Gasteiger partial charge < -0.3 is 10.1 Å². The number of carbonyl (C=O) groups is 1. The van der Waals surface area contributed by atoms with Crippen molar-refractivity contribution in [3.63, 3.8) is 0 Å². The highest BCUT2D eigenvalue weighted by molar-refractivity contribution is 7.89. The van der Waals surface area contributed by atoms with E-state index in [0.29, 0.717) is 12.3 Å². The maximum Gasteiger partial charge on any atom is 0.262 e. The maximum atomic E-state index is 13.1. The topological polar surface area (TPSA) is 84.5 Å². The number of sulfonamides is 1. The molecule has 0 atom stereocenters. The van der Waals surface area contributed by atoms with Crippen molar-refractivity contribution >= 4 is 21.6 Å². The van der Waals surface area contributed by atoms with Crippen LogP contribution in [0.15, 0.2) is 47.4 Å². The van der Waals surface area contributed by atoms with Crippen LogP contribution in [0.5, 0.6) is 5.75 Å². The molecule has 2 aromatic carbocycles. The van der Waals surface area contributed by atoms with Crippen molar-refractivity contribution in [2.45, 2.75) is 18.7 Å². The molecule has 0 aliphatic heterocycles. The molecule has 0 bridgehead atoms. The van der Waals surface area contributed by atoms with Crippen molar-refractivity contribution in [1.29, 1.82) is 0 Å². The molecule has 0 unspecified atom stereocenters. The van der Waals surface area contributed by atoms with Gasteiger partial charge in [0.05, 0.1) is 4.90 Å². The third-order valence-electron chi connectivity index (χ3n) is 3.39. The van der Waals surface area contributed by atoms with Crippen LogP contribution in [-0.4, -0.2) is 27.5 Å². The fraction of sp³-hybridized carbons (Fsp3) is 0.278. The Morgan fingerprint density at radius 1 is 1.07 bits per heavy atom. The molecule has 9 heteroatoms. The zero-order valence-electron chi connectivity index (χ0n) is 14.8. The van der Waals surface area contributed by atoms with Crippen LogP contribution < -0.4 is 14.8 Å². The van der Waals surface area contributed by atoms with E-state index in [-0.39, 0.29) is 23.1 Å². The number of carbonyl (C=O) groups excluding carboxylic acids is 1. The average Bonchev–Trinajstić information content (AvgIpc) is 2.62. The van der Waals surface area contributed by atoms with Gasteiger partial charge in [0.2, 0.25) is 10.0 Å². The van der Waals surface area contributed by atoms with Crippen molar-refractivity contribution in [2.24, 2.45) is 5.92 Å². The molecule has 0 aromatic heterocycles. The molecule has 0 aliphatic rings. The van der Waals surface area contributed by atoms with Crippen LogP contribution in [0.1, 0.15) is 13.8 Å². The van der Waals surface area contributed by atoms with E-state index in [1.54, 1.807) is 0 Å². The van der Waals surface area contributed by atoms with E-state index in [9.17, 15) is 22.0 Å². The summed E-state index contributed by atoms with van der Waals surface area (Å²) in [7, 11) is -3.60. The average molecular weight is 398 g/mol. The van der Waals surface area contributed by atoms with Gasteiger partial charge in [-0.3, -0.25) is 4.79 Å². The molecule has 0 aliphatic carbocycles. The van der Waals surface area contributed by atoms with Gasteiger partial charge in [-0.15, -0.1) is 0 Å². The SMILES string of the molecule is CC(C)CNS(=O)(=O)c1ccc(OCC(=O)Nc2ccc(F)c(F)c2)cc1. The summed E-state index contributed by atoms with van der Waals surface area (Å²) in [5.41, 5.74) is 0.0974. The second-order valence-electron chi connectivity index (χ2n) is 6.18. The van der Waals surface area contributed by atoms with Crippen LogP contribution in [-0.2, 0) is 14.8 Å². The molecule has 2 rings (SSSR count). The maximum absolute atomic E-state index is 13.1. The lowest BCUT2D eigenvalue weighted by Crippen LogP contribution is -2.27. The molecule has 0 fully saturated rings. The van der Waals surface area contributed by atoms with Gasteiger partial charge in [-0.1, -0.05) is 13.8 Å². The van der Waals surface area contributed by atoms with Crippen LogP contribution in [0.4, 0.5) is 14.5 Å². The second kappa shape index (κ2) is 8.92. The molecule has 6 nitrogen and oxygen atoms in total. The number of hydrogen-bond donors (Lipinski definition) is 2. The lowest BCUT2D eigenvalue weighted by atomic mass is 10.2. The van der Waals surface area contributed by atoms with Crippen molar-refractivity contribution in [1.82, 2.24) is 4.72 Å². The van der Waals surface area contributed by atoms with Crippen molar-refractivity contribution in [3.05, 3.63) is 54.1 Å². The van der Waals surface area contributed by atoms with Gasteiger partial charge in [0, 0.05) is 18.3 Å². The Bertz CT molecular complexity index is 900. The largest absolute Gasteiger partial charge is 0.484 e. The predicted molar refractivity (Wildman–Crippen MR) is 97.0 cm³/mol. The van der Waals surface area contributed by atoms with Crippen molar-refractivity contribution in [3.8, 4) is 5.75 Å². The molecule has 0 saturated carbocycles. The Balaban J connectivity index is 1.90. The Morgan fingerprint density at radius 3 is 2.33 bits per heavy atom. The highest BCUT2D eigenvalue weighted by Gasteiger charge is 2.14. The second-order valence-corrected chi connectivity index (χ2v) is 7.95. The van der Waals surface area contributed by atoms with Gasteiger partial charge in [-0.2, -0.15) is 0 Å². The number of ether oxygens (including phenoxy) is 1. The summed E-state index contributed by atoms with van der Waals surface area (Å²) in [4.78, 5) is 11.9. The highest BCUT2D eigenvalue weighted by atomic mass is 32.2. The van der Waals surface area contributed by atoms with E-state index < -0.39 is 27.6 Å². The Kier molecular flexibility index (Phi) is 6.86. The molecule has 27 heavy (non-hydrogen) atoms. The Morgan fingerprint density at radius 2 is 1.74 bits per heavy atom. The first-order valence-corrected chi connectivity index (χ1v) is 9.63. The molecule has 1 amide bonds. The van der Waals surface area contributed by atoms with Gasteiger partial charge in [0.15, 0.2) is 18.2 Å². The minimum absolute atomic E-state index is 0.0849. The van der Waals surface area contributed by atoms with Crippen LogP contribution >= 0.6 is 0 Å². The van der Waals surface area contributed by atoms with Gasteiger partial charge in [0.1, 0.15) is 5.75 Å². The number of amides is 1. The molecule has 2 aromatic rings. The fourth-order valence-electron chi connectivity index (χ4n) is 1.99. The van der Waals surface area contributed by atoms with E-state index in [2.05, 4.69) is 10.0 Å². The molecule has 0 spiro atoms. The zero-order chi connectivity index (χ0) is 20.0. The van der Waals surface area contributed by atoms with E-state index in [1.807, 2.05) is 13.8 Å². The van der Waals surface area contributed by atoms with Gasteiger partial charge in [-0.25, -0.2) is 21.9 Å². The fourth-order valence-corrected chi connectivity index (χ4v) is 3.21. The third kappa shape index (κ3) is 6.30. The zero-order valence-corrected chi connectivity index (χ0v) is 15.6. The number of nitrogens with one attached hydrogen (secondary N) is 2. The Hall–Kier alpha value is -2.52. The quantitative estimate of drug-likeness (QED) is 0.716. The number of halogens is 2. The highest BCUT2D eigenvalue weighted by Crippen LogP contribution is 2.17. The normalized spacial score (nSPS) is 11.4. The number of rotatable bonds is 8. The van der Waals surface area contributed by atoms with Gasteiger partial charge >= 0.3 is 0 Å². The van der Waals surface area contributed by atoms with E-state index in [0.717, 1.165) is 12.1 Å². The van der Waals surface area contributed by atoms with Crippen LogP contribution in [0, 0.1) is 17.6 Å². The molecular weight excluding hydrogens is 378 g/mol. The number of benzene rings is 2. The molecule has 0 radical (unpaired) electrons. The van der Waals surface area contributed by atoms with Crippen molar-refractivity contribution < 1.29 is 26.7 Å². The summed E-state index contributed by atoms with van der Waals surface area (Å²) in [5, 5.41) is 2.37. The van der Waals surface area contributed by atoms with E-state index in [1.165, 1.54) is 30.3 Å². The first-order chi connectivity index (χ1) is 12.7. The number of hydrogen-bond acceptors (Lipinski definition) is 4. The van der Waals surface area contributed by atoms with Crippen molar-refractivity contribution in [2.75, 3.05) is 18.5 Å². The molecule has 146 valence electrons. The van der Waals surface area contributed by atoms with Crippen LogP contribution in [0.3, 0.4) is 0 Å². The minimum atomic E-state index is -3.60. The molecule has 0 heterocycles. The van der Waals surface area contributed by atoms with E-state index in [4.69, 9.17) is 4.74 Å². The monoisotopic (exact) mass is 398 g/mol. The minimum Gasteiger partial charge on any atom is -0.484 e. The summed E-state index contributed by atoms with van der Waals surface area (Å²) in [6.45, 7) is 3.73. The van der Waals surface area contributed by atoms with E-state index >= 15 is 0 Å². The summed E-state index contributed by atoms with van der Waals surface area (Å²) >= 11 is 0. The van der Waals surface area contributed by atoms with Gasteiger partial charge in [-0.05, 0) is 42.3 Å². The number of anilines is 1. The molecule has 0 saturated heterocycles. The van der Waals surface area contributed by atoms with Gasteiger partial charge in [0.25, 0.3) is 5.91 Å². The third-order valence-corrected chi connectivity index (χ3v) is 4.83. The lowest BCUT2D eigenvalue weighted by molar-refractivity contribution is -0.118. The predicted octanol–water partition coefficient (Wildman–Crippen LogP) is 2.92. The standard InChI is InChI=1S/C18H20F2N2O4S/c1-12(2)10-21-27(24,25)15-6-4-14(5-7-15)26-11-18(23)22-13-3-8-16(19)17(20)9-13/h3-9,12,21H,10-11H2,1-2H3,(H,22,23). The first kappa shape index (κ1) is 20.8. The molecular formula is C18H20F2N2O4S. The summed E-state index contributed by atoms with van der Waals surface area (Å²) in [5.74, 6) is -2.19. The summed E-state index contributed by atoms with van der Waals surface area (Å²) in [6, 6.07) is 8.56. The van der Waals surface area contributed by atoms with Crippen LogP contribution in [0.25, 0.3) is 0 Å².